The highest BCUT2D eigenvalue weighted by atomic mass is 15.1. The van der Waals surface area contributed by atoms with Crippen molar-refractivity contribution in [1.82, 2.24) is 4.90 Å². The molecule has 1 heterocycles. The van der Waals surface area contributed by atoms with Crippen LogP contribution >= 0.6 is 0 Å². The summed E-state index contributed by atoms with van der Waals surface area (Å²) in [5, 5.41) is 8.57. The summed E-state index contributed by atoms with van der Waals surface area (Å²) in [7, 11) is 2.02. The molecule has 9 heavy (non-hydrogen) atoms. The molecule has 2 heteroatoms. The minimum atomic E-state index is 0.193. The topological polar surface area (TPSA) is 27.0 Å². The first kappa shape index (κ1) is 6.57. The van der Waals surface area contributed by atoms with Gasteiger partial charge in [0.15, 0.2) is 0 Å². The Morgan fingerprint density at radius 1 is 1.56 bits per heavy atom. The number of nitrogens with zero attached hydrogens (tertiary/aromatic N) is 2. The van der Waals surface area contributed by atoms with Crippen molar-refractivity contribution >= 4 is 0 Å². The van der Waals surface area contributed by atoms with Crippen LogP contribution in [-0.2, 0) is 0 Å². The maximum Gasteiger partial charge on any atom is 0.0975 e. The molecule has 0 amide bonds. The monoisotopic (exact) mass is 124 g/mol. The summed E-state index contributed by atoms with van der Waals surface area (Å²) in [5.41, 5.74) is 0. The second kappa shape index (κ2) is 2.84. The van der Waals surface area contributed by atoms with Gasteiger partial charge in [-0.05, 0) is 32.9 Å². The highest BCUT2D eigenvalue weighted by Gasteiger charge is 2.16. The van der Waals surface area contributed by atoms with Crippen molar-refractivity contribution in [2.24, 2.45) is 0 Å². The molecule has 0 aliphatic carbocycles. The van der Waals surface area contributed by atoms with Gasteiger partial charge in [0, 0.05) is 0 Å². The summed E-state index contributed by atoms with van der Waals surface area (Å²) in [6.45, 7) is 1.10. The van der Waals surface area contributed by atoms with Crippen LogP contribution in [0.5, 0.6) is 0 Å². The van der Waals surface area contributed by atoms with E-state index in [1.54, 1.807) is 0 Å². The molecule has 1 fully saturated rings. The zero-order valence-corrected chi connectivity index (χ0v) is 5.80. The first-order chi connectivity index (χ1) is 4.34. The van der Waals surface area contributed by atoms with Crippen molar-refractivity contribution in [3.8, 4) is 6.07 Å². The van der Waals surface area contributed by atoms with E-state index >= 15 is 0 Å². The Morgan fingerprint density at radius 2 is 2.33 bits per heavy atom. The largest absolute Gasteiger partial charge is 0.291 e. The van der Waals surface area contributed by atoms with E-state index in [-0.39, 0.29) is 6.04 Å². The van der Waals surface area contributed by atoms with Gasteiger partial charge in [0.1, 0.15) is 0 Å². The molecule has 0 radical (unpaired) electrons. The minimum Gasteiger partial charge on any atom is -0.291 e. The first-order valence-corrected chi connectivity index (χ1v) is 3.44. The Hall–Kier alpha value is -0.550. The Labute approximate surface area is 56.1 Å². The lowest BCUT2D eigenvalue weighted by Crippen LogP contribution is -2.34. The predicted octanol–water partition coefficient (Wildman–Crippen LogP) is 0.994. The molecule has 0 N–H and O–H groups in total. The maximum atomic E-state index is 8.57. The van der Waals surface area contributed by atoms with E-state index < -0.39 is 0 Å². The van der Waals surface area contributed by atoms with Crippen molar-refractivity contribution in [2.45, 2.75) is 25.3 Å². The number of hydrogen-bond donors (Lipinski definition) is 0. The third-order valence-corrected chi connectivity index (χ3v) is 1.92. The molecular formula is C7H12N2. The molecule has 1 saturated heterocycles. The van der Waals surface area contributed by atoms with Crippen molar-refractivity contribution in [2.75, 3.05) is 13.6 Å². The molecule has 0 bridgehead atoms. The Bertz CT molecular complexity index is 125. The highest BCUT2D eigenvalue weighted by molar-refractivity contribution is 4.92. The third-order valence-electron chi connectivity index (χ3n) is 1.92. The lowest BCUT2D eigenvalue weighted by molar-refractivity contribution is 0.227. The van der Waals surface area contributed by atoms with Crippen LogP contribution in [0.15, 0.2) is 0 Å². The summed E-state index contributed by atoms with van der Waals surface area (Å²) in [6, 6.07) is 2.47. The van der Waals surface area contributed by atoms with Crippen LogP contribution in [0.3, 0.4) is 0 Å². The quantitative estimate of drug-likeness (QED) is 0.481. The molecule has 0 aromatic rings. The predicted molar refractivity (Wildman–Crippen MR) is 35.9 cm³/mol. The summed E-state index contributed by atoms with van der Waals surface area (Å²) in [4.78, 5) is 2.13. The van der Waals surface area contributed by atoms with Gasteiger partial charge in [-0.3, -0.25) is 4.90 Å². The SMILES string of the molecule is CN1CCCCC1C#N. The number of nitriles is 1. The van der Waals surface area contributed by atoms with E-state index in [0.717, 1.165) is 13.0 Å². The van der Waals surface area contributed by atoms with Gasteiger partial charge in [-0.25, -0.2) is 0 Å². The molecule has 0 aromatic heterocycles. The van der Waals surface area contributed by atoms with Crippen LogP contribution in [-0.4, -0.2) is 24.5 Å². The molecule has 0 spiro atoms. The fourth-order valence-electron chi connectivity index (χ4n) is 1.24. The summed E-state index contributed by atoms with van der Waals surface area (Å²) in [5.74, 6) is 0. The first-order valence-electron chi connectivity index (χ1n) is 3.44. The molecule has 2 nitrogen and oxygen atoms in total. The van der Waals surface area contributed by atoms with Gasteiger partial charge in [0.05, 0.1) is 12.1 Å². The lowest BCUT2D eigenvalue weighted by atomic mass is 10.0. The van der Waals surface area contributed by atoms with Crippen LogP contribution in [0.2, 0.25) is 0 Å². The normalized spacial score (nSPS) is 29.6. The van der Waals surface area contributed by atoms with Gasteiger partial charge < -0.3 is 0 Å². The fourth-order valence-corrected chi connectivity index (χ4v) is 1.24. The van der Waals surface area contributed by atoms with Gasteiger partial charge in [0.2, 0.25) is 0 Å². The third kappa shape index (κ3) is 1.43. The zero-order valence-electron chi connectivity index (χ0n) is 5.80. The van der Waals surface area contributed by atoms with Gasteiger partial charge in [-0.2, -0.15) is 5.26 Å². The van der Waals surface area contributed by atoms with E-state index in [9.17, 15) is 0 Å². The maximum absolute atomic E-state index is 8.57. The lowest BCUT2D eigenvalue weighted by Gasteiger charge is -2.26. The minimum absolute atomic E-state index is 0.193. The Balaban J connectivity index is 2.41. The number of hydrogen-bond acceptors (Lipinski definition) is 2. The average Bonchev–Trinajstić information content (AvgIpc) is 1.89. The Kier molecular flexibility index (Phi) is 2.07. The summed E-state index contributed by atoms with van der Waals surface area (Å²) in [6.07, 6.45) is 3.55. The van der Waals surface area contributed by atoms with Gasteiger partial charge in [-0.15, -0.1) is 0 Å². The second-order valence-electron chi connectivity index (χ2n) is 2.62. The van der Waals surface area contributed by atoms with Crippen molar-refractivity contribution < 1.29 is 0 Å². The zero-order chi connectivity index (χ0) is 6.69. The molecule has 1 aliphatic heterocycles. The van der Waals surface area contributed by atoms with Crippen LogP contribution in [0, 0.1) is 11.3 Å². The van der Waals surface area contributed by atoms with Crippen LogP contribution < -0.4 is 0 Å². The van der Waals surface area contributed by atoms with Gasteiger partial charge in [0.25, 0.3) is 0 Å². The fraction of sp³-hybridized carbons (Fsp3) is 0.857. The van der Waals surface area contributed by atoms with Gasteiger partial charge in [-0.1, -0.05) is 0 Å². The second-order valence-corrected chi connectivity index (χ2v) is 2.62. The van der Waals surface area contributed by atoms with E-state index in [0.29, 0.717) is 0 Å². The van der Waals surface area contributed by atoms with Crippen LogP contribution in [0.25, 0.3) is 0 Å². The highest BCUT2D eigenvalue weighted by Crippen LogP contribution is 2.13. The van der Waals surface area contributed by atoms with Crippen LogP contribution in [0.4, 0.5) is 0 Å². The summed E-state index contributed by atoms with van der Waals surface area (Å²) >= 11 is 0. The molecule has 50 valence electrons. The molecule has 1 atom stereocenters. The van der Waals surface area contributed by atoms with Crippen LogP contribution in [0.1, 0.15) is 19.3 Å². The molecule has 1 rings (SSSR count). The molecule has 0 aromatic carbocycles. The summed E-state index contributed by atoms with van der Waals surface area (Å²) < 4.78 is 0. The molecule has 0 saturated carbocycles. The van der Waals surface area contributed by atoms with E-state index in [2.05, 4.69) is 11.0 Å². The van der Waals surface area contributed by atoms with Crippen molar-refractivity contribution in [3.05, 3.63) is 0 Å². The Morgan fingerprint density at radius 3 is 2.78 bits per heavy atom. The number of likely N-dealkylation sites (tertiary alicyclic amines) is 1. The van der Waals surface area contributed by atoms with E-state index in [1.165, 1.54) is 12.8 Å². The van der Waals surface area contributed by atoms with E-state index in [1.807, 2.05) is 7.05 Å². The van der Waals surface area contributed by atoms with Crippen molar-refractivity contribution in [1.29, 1.82) is 5.26 Å². The number of rotatable bonds is 0. The number of piperidine rings is 1. The average molecular weight is 124 g/mol. The van der Waals surface area contributed by atoms with Crippen molar-refractivity contribution in [3.63, 3.8) is 0 Å². The molecule has 1 aliphatic rings. The smallest absolute Gasteiger partial charge is 0.0975 e. The molecular weight excluding hydrogens is 112 g/mol. The standard InChI is InChI=1S/C7H12N2/c1-9-5-3-2-4-7(9)6-8/h7H,2-5H2,1H3. The van der Waals surface area contributed by atoms with E-state index in [4.69, 9.17) is 5.26 Å². The molecule has 1 unspecified atom stereocenters. The van der Waals surface area contributed by atoms with Gasteiger partial charge >= 0.3 is 0 Å².